The Balaban J connectivity index is 6.05. The zero-order valence-corrected chi connectivity index (χ0v) is 18.2. The summed E-state index contributed by atoms with van der Waals surface area (Å²) in [5.41, 5.74) is 0. The SMILES string of the molecule is CCN[Si](NCC)(N(CC)[Si](CC)(CC)CC)C(C)(C)C. The van der Waals surface area contributed by atoms with Crippen LogP contribution >= 0.6 is 0 Å². The molecule has 0 aromatic heterocycles. The fourth-order valence-electron chi connectivity index (χ4n) is 3.95. The Labute approximate surface area is 136 Å². The van der Waals surface area contributed by atoms with E-state index >= 15 is 0 Å². The van der Waals surface area contributed by atoms with Crippen molar-refractivity contribution in [3.8, 4) is 0 Å². The maximum absolute atomic E-state index is 3.98. The van der Waals surface area contributed by atoms with Crippen LogP contribution in [-0.4, -0.2) is 40.7 Å². The van der Waals surface area contributed by atoms with Gasteiger partial charge in [0.2, 0.25) is 0 Å². The largest absolute Gasteiger partial charge is 0.321 e. The van der Waals surface area contributed by atoms with Crippen LogP contribution in [0.1, 0.15) is 62.3 Å². The molecule has 0 aliphatic carbocycles. The molecule has 0 heterocycles. The average Bonchev–Trinajstić information content (AvgIpc) is 2.43. The lowest BCUT2D eigenvalue weighted by Gasteiger charge is -2.57. The molecule has 128 valence electrons. The molecular formula is C16H41N3Si2. The smallest absolute Gasteiger partial charge is 0.282 e. The number of nitrogens with one attached hydrogen (secondary N) is 2. The van der Waals surface area contributed by atoms with Crippen molar-refractivity contribution in [1.82, 2.24) is 14.2 Å². The van der Waals surface area contributed by atoms with Crippen molar-refractivity contribution in [1.29, 1.82) is 0 Å². The minimum atomic E-state index is -1.93. The van der Waals surface area contributed by atoms with Crippen LogP contribution in [0.5, 0.6) is 0 Å². The zero-order chi connectivity index (χ0) is 16.7. The first-order valence-electron chi connectivity index (χ1n) is 9.02. The molecule has 0 spiro atoms. The van der Waals surface area contributed by atoms with Gasteiger partial charge in [-0.2, -0.15) is 0 Å². The first-order valence-corrected chi connectivity index (χ1v) is 13.5. The van der Waals surface area contributed by atoms with Crippen molar-refractivity contribution in [2.75, 3.05) is 19.6 Å². The van der Waals surface area contributed by atoms with Gasteiger partial charge in [0.1, 0.15) is 8.24 Å². The van der Waals surface area contributed by atoms with Crippen molar-refractivity contribution < 1.29 is 0 Å². The van der Waals surface area contributed by atoms with E-state index in [1.54, 1.807) is 0 Å². The summed E-state index contributed by atoms with van der Waals surface area (Å²) in [4.78, 5) is 7.97. The molecule has 3 nitrogen and oxygen atoms in total. The van der Waals surface area contributed by atoms with Gasteiger partial charge in [-0.25, -0.2) is 0 Å². The maximum atomic E-state index is 3.98. The Morgan fingerprint density at radius 1 is 0.762 bits per heavy atom. The molecule has 21 heavy (non-hydrogen) atoms. The fraction of sp³-hybridized carbons (Fsp3) is 1.00. The van der Waals surface area contributed by atoms with Gasteiger partial charge in [0.05, 0.1) is 0 Å². The summed E-state index contributed by atoms with van der Waals surface area (Å²) >= 11 is 0. The van der Waals surface area contributed by atoms with E-state index in [0.29, 0.717) is 0 Å². The Hall–Kier alpha value is 0.314. The van der Waals surface area contributed by atoms with Gasteiger partial charge < -0.3 is 14.2 Å². The van der Waals surface area contributed by atoms with E-state index in [-0.39, 0.29) is 5.04 Å². The third-order valence-corrected chi connectivity index (χ3v) is 18.1. The van der Waals surface area contributed by atoms with Crippen molar-refractivity contribution in [2.24, 2.45) is 0 Å². The minimum Gasteiger partial charge on any atom is -0.321 e. The van der Waals surface area contributed by atoms with E-state index in [0.717, 1.165) is 13.1 Å². The van der Waals surface area contributed by atoms with Crippen LogP contribution in [0.3, 0.4) is 0 Å². The summed E-state index contributed by atoms with van der Waals surface area (Å²) < 4.78 is 2.98. The molecule has 0 radical (unpaired) electrons. The number of hydrogen-bond acceptors (Lipinski definition) is 3. The lowest BCUT2D eigenvalue weighted by atomic mass is 10.2. The van der Waals surface area contributed by atoms with Crippen LogP contribution in [0.2, 0.25) is 23.2 Å². The van der Waals surface area contributed by atoms with E-state index in [9.17, 15) is 0 Å². The Bertz CT molecular complexity index is 271. The van der Waals surface area contributed by atoms with Crippen LogP contribution in [0.25, 0.3) is 0 Å². The Kier molecular flexibility index (Phi) is 8.95. The predicted molar refractivity (Wildman–Crippen MR) is 102 cm³/mol. The topological polar surface area (TPSA) is 27.3 Å². The molecule has 0 aromatic rings. The van der Waals surface area contributed by atoms with Gasteiger partial charge in [-0.1, -0.05) is 62.3 Å². The molecular weight excluding hydrogens is 290 g/mol. The molecule has 5 heteroatoms. The highest BCUT2D eigenvalue weighted by atomic mass is 28.4. The molecule has 2 N–H and O–H groups in total. The molecule has 0 rings (SSSR count). The average molecular weight is 332 g/mol. The van der Waals surface area contributed by atoms with Crippen LogP contribution in [0.15, 0.2) is 0 Å². The molecule has 0 fully saturated rings. The molecule has 0 aromatic carbocycles. The lowest BCUT2D eigenvalue weighted by molar-refractivity contribution is 0.496. The van der Waals surface area contributed by atoms with Gasteiger partial charge >= 0.3 is 0 Å². The summed E-state index contributed by atoms with van der Waals surface area (Å²) in [6, 6.07) is 4.07. The highest BCUT2D eigenvalue weighted by Gasteiger charge is 2.55. The predicted octanol–water partition coefficient (Wildman–Crippen LogP) is 4.27. The molecule has 0 unspecified atom stereocenters. The third-order valence-electron chi connectivity index (χ3n) is 5.22. The molecule has 0 saturated carbocycles. The van der Waals surface area contributed by atoms with Gasteiger partial charge in [0.25, 0.3) is 8.56 Å². The van der Waals surface area contributed by atoms with E-state index in [4.69, 9.17) is 0 Å². The van der Waals surface area contributed by atoms with Gasteiger partial charge in [-0.15, -0.1) is 0 Å². The van der Waals surface area contributed by atoms with Crippen molar-refractivity contribution >= 4 is 16.8 Å². The van der Waals surface area contributed by atoms with E-state index < -0.39 is 16.8 Å². The third kappa shape index (κ3) is 4.19. The molecule has 0 aliphatic rings. The summed E-state index contributed by atoms with van der Waals surface area (Å²) in [7, 11) is -3.33. The monoisotopic (exact) mass is 331 g/mol. The van der Waals surface area contributed by atoms with Crippen molar-refractivity contribution in [3.05, 3.63) is 0 Å². The summed E-state index contributed by atoms with van der Waals surface area (Å²) in [5, 5.41) is 0.271. The summed E-state index contributed by atoms with van der Waals surface area (Å²) in [6.07, 6.45) is 0. The number of hydrogen-bond donors (Lipinski definition) is 2. The van der Waals surface area contributed by atoms with Gasteiger partial charge in [0.15, 0.2) is 0 Å². The normalized spacial score (nSPS) is 14.0. The standard InChI is InChI=1S/C16H41N3Si2/c1-10-17-21(18-11-2,16(7,8)9)19(12-3)20(13-4,14-5)15-6/h17-18H,10-15H2,1-9H3. The van der Waals surface area contributed by atoms with Crippen LogP contribution in [-0.2, 0) is 0 Å². The van der Waals surface area contributed by atoms with E-state index in [1.807, 2.05) is 0 Å². The van der Waals surface area contributed by atoms with Gasteiger partial charge in [-0.3, -0.25) is 0 Å². The summed E-state index contributed by atoms with van der Waals surface area (Å²) in [6.45, 7) is 24.7. The van der Waals surface area contributed by atoms with Crippen molar-refractivity contribution in [3.63, 3.8) is 0 Å². The van der Waals surface area contributed by atoms with E-state index in [1.165, 1.54) is 24.7 Å². The van der Waals surface area contributed by atoms with E-state index in [2.05, 4.69) is 76.5 Å². The maximum Gasteiger partial charge on any atom is 0.282 e. The molecule has 0 amide bonds. The fourth-order valence-corrected chi connectivity index (χ4v) is 16.9. The molecule has 0 atom stereocenters. The second kappa shape index (κ2) is 8.82. The van der Waals surface area contributed by atoms with Gasteiger partial charge in [-0.05, 0) is 42.8 Å². The highest BCUT2D eigenvalue weighted by Crippen LogP contribution is 2.39. The molecule has 0 aliphatic heterocycles. The second-order valence-corrected chi connectivity index (χ2v) is 16.8. The van der Waals surface area contributed by atoms with Gasteiger partial charge in [0, 0.05) is 0 Å². The molecule has 0 saturated heterocycles. The first-order chi connectivity index (χ1) is 9.75. The van der Waals surface area contributed by atoms with Crippen molar-refractivity contribution in [2.45, 2.75) is 85.5 Å². The quantitative estimate of drug-likeness (QED) is 0.585. The summed E-state index contributed by atoms with van der Waals surface area (Å²) in [5.74, 6) is 0. The molecule has 0 bridgehead atoms. The first kappa shape index (κ1) is 21.3. The number of rotatable bonds is 10. The van der Waals surface area contributed by atoms with Crippen LogP contribution < -0.4 is 9.96 Å². The lowest BCUT2D eigenvalue weighted by Crippen LogP contribution is -2.82. The zero-order valence-electron chi connectivity index (χ0n) is 16.2. The number of nitrogens with zero attached hydrogens (tertiary/aromatic N) is 1. The van der Waals surface area contributed by atoms with Crippen LogP contribution in [0.4, 0.5) is 0 Å². The Morgan fingerprint density at radius 3 is 1.33 bits per heavy atom. The minimum absolute atomic E-state index is 0.271. The Morgan fingerprint density at radius 2 is 1.14 bits per heavy atom. The second-order valence-electron chi connectivity index (χ2n) is 7.05. The highest BCUT2D eigenvalue weighted by molar-refractivity contribution is 6.92. The van der Waals surface area contributed by atoms with Crippen LogP contribution in [0, 0.1) is 0 Å².